The van der Waals surface area contributed by atoms with Crippen LogP contribution in [0.4, 0.5) is 4.39 Å². The summed E-state index contributed by atoms with van der Waals surface area (Å²) in [4.78, 5) is 12.3. The largest absolute Gasteiger partial charge is 0.351 e. The molecule has 0 saturated carbocycles. The highest BCUT2D eigenvalue weighted by Gasteiger charge is 2.13. The Bertz CT molecular complexity index is 1190. The van der Waals surface area contributed by atoms with E-state index in [-0.39, 0.29) is 17.5 Å². The first-order chi connectivity index (χ1) is 14.6. The molecule has 3 aromatic carbocycles. The van der Waals surface area contributed by atoms with E-state index in [0.717, 1.165) is 27.5 Å². The van der Waals surface area contributed by atoms with E-state index in [9.17, 15) is 9.18 Å². The van der Waals surface area contributed by atoms with Crippen molar-refractivity contribution in [3.8, 4) is 11.3 Å². The van der Waals surface area contributed by atoms with E-state index < -0.39 is 0 Å². The summed E-state index contributed by atoms with van der Waals surface area (Å²) < 4.78 is 13.3. The second-order valence-electron chi connectivity index (χ2n) is 6.90. The van der Waals surface area contributed by atoms with Crippen molar-refractivity contribution in [2.45, 2.75) is 18.5 Å². The maximum Gasteiger partial charge on any atom is 0.230 e. The smallest absolute Gasteiger partial charge is 0.230 e. The van der Waals surface area contributed by atoms with E-state index in [1.54, 1.807) is 12.1 Å². The van der Waals surface area contributed by atoms with Crippen molar-refractivity contribution in [1.82, 2.24) is 15.5 Å². The number of hydrogen-bond donors (Lipinski definition) is 1. The summed E-state index contributed by atoms with van der Waals surface area (Å²) in [6.07, 6.45) is 0. The Labute approximate surface area is 178 Å². The fourth-order valence-electron chi connectivity index (χ4n) is 3.19. The third kappa shape index (κ3) is 4.49. The number of aromatic nitrogens is 2. The molecule has 0 aliphatic heterocycles. The molecule has 0 spiro atoms. The van der Waals surface area contributed by atoms with E-state index in [4.69, 9.17) is 0 Å². The molecule has 4 rings (SSSR count). The molecular weight excluding hydrogens is 397 g/mol. The predicted molar refractivity (Wildman–Crippen MR) is 119 cm³/mol. The zero-order valence-corrected chi connectivity index (χ0v) is 17.2. The summed E-state index contributed by atoms with van der Waals surface area (Å²) in [6, 6.07) is 22.0. The molecule has 0 fully saturated rings. The van der Waals surface area contributed by atoms with E-state index in [1.807, 2.05) is 55.5 Å². The van der Waals surface area contributed by atoms with Gasteiger partial charge in [-0.05, 0) is 42.3 Å². The lowest BCUT2D eigenvalue weighted by Crippen LogP contribution is -2.25. The van der Waals surface area contributed by atoms with Crippen LogP contribution in [-0.2, 0) is 11.3 Å². The lowest BCUT2D eigenvalue weighted by molar-refractivity contribution is -0.118. The molecule has 4 nitrogen and oxygen atoms in total. The van der Waals surface area contributed by atoms with Crippen molar-refractivity contribution in [2.24, 2.45) is 0 Å². The topological polar surface area (TPSA) is 54.9 Å². The molecule has 6 heteroatoms. The van der Waals surface area contributed by atoms with Gasteiger partial charge in [0.15, 0.2) is 0 Å². The lowest BCUT2D eigenvalue weighted by Gasteiger charge is -2.10. The number of carbonyl (C=O) groups excluding carboxylic acids is 1. The van der Waals surface area contributed by atoms with Gasteiger partial charge in [0.2, 0.25) is 5.91 Å². The number of fused-ring (bicyclic) bond motifs is 1. The SMILES string of the molecule is Cc1ccccc1CNC(=O)CSc1nnc(-c2ccc(F)cc2)c2ccccc12. The summed E-state index contributed by atoms with van der Waals surface area (Å²) in [7, 11) is 0. The Morgan fingerprint density at radius 1 is 0.933 bits per heavy atom. The first-order valence-corrected chi connectivity index (χ1v) is 10.6. The molecule has 0 atom stereocenters. The fourth-order valence-corrected chi connectivity index (χ4v) is 4.00. The molecule has 0 unspecified atom stereocenters. The molecule has 30 heavy (non-hydrogen) atoms. The Hall–Kier alpha value is -3.25. The van der Waals surface area contributed by atoms with Crippen molar-refractivity contribution in [3.05, 3.63) is 89.7 Å². The number of nitrogens with one attached hydrogen (secondary N) is 1. The standard InChI is InChI=1S/C24H20FN3OS/c1-16-6-2-3-7-18(16)14-26-22(29)15-30-24-21-9-5-4-8-20(21)23(27-28-24)17-10-12-19(25)13-11-17/h2-13H,14-15H2,1H3,(H,26,29). The second-order valence-corrected chi connectivity index (χ2v) is 7.86. The number of benzene rings is 3. The van der Waals surface area contributed by atoms with Crippen molar-refractivity contribution < 1.29 is 9.18 Å². The van der Waals surface area contributed by atoms with Crippen molar-refractivity contribution in [3.63, 3.8) is 0 Å². The Kier molecular flexibility index (Phi) is 6.05. The van der Waals surface area contributed by atoms with Gasteiger partial charge in [-0.2, -0.15) is 0 Å². The Morgan fingerprint density at radius 2 is 1.63 bits per heavy atom. The van der Waals surface area contributed by atoms with Crippen molar-refractivity contribution in [1.29, 1.82) is 0 Å². The monoisotopic (exact) mass is 417 g/mol. The van der Waals surface area contributed by atoms with E-state index in [2.05, 4.69) is 15.5 Å². The fraction of sp³-hybridized carbons (Fsp3) is 0.125. The third-order valence-corrected chi connectivity index (χ3v) is 5.83. The molecule has 0 radical (unpaired) electrons. The Morgan fingerprint density at radius 3 is 2.40 bits per heavy atom. The van der Waals surface area contributed by atoms with Gasteiger partial charge in [0.1, 0.15) is 16.5 Å². The quantitative estimate of drug-likeness (QED) is 0.441. The number of carbonyl (C=O) groups is 1. The normalized spacial score (nSPS) is 10.9. The number of thioether (sulfide) groups is 1. The minimum atomic E-state index is -0.292. The molecular formula is C24H20FN3OS. The highest BCUT2D eigenvalue weighted by atomic mass is 32.2. The summed E-state index contributed by atoms with van der Waals surface area (Å²) in [5.41, 5.74) is 3.75. The summed E-state index contributed by atoms with van der Waals surface area (Å²) >= 11 is 1.36. The van der Waals surface area contributed by atoms with Crippen LogP contribution in [0.3, 0.4) is 0 Å². The molecule has 1 heterocycles. The number of rotatable bonds is 6. The van der Waals surface area contributed by atoms with Gasteiger partial charge >= 0.3 is 0 Å². The van der Waals surface area contributed by atoms with Gasteiger partial charge in [0.25, 0.3) is 0 Å². The molecule has 0 aliphatic carbocycles. The highest BCUT2D eigenvalue weighted by molar-refractivity contribution is 8.00. The third-order valence-electron chi connectivity index (χ3n) is 4.85. The van der Waals surface area contributed by atoms with Crippen LogP contribution in [0, 0.1) is 12.7 Å². The van der Waals surface area contributed by atoms with E-state index >= 15 is 0 Å². The molecule has 0 aliphatic rings. The van der Waals surface area contributed by atoms with Gasteiger partial charge in [-0.25, -0.2) is 4.39 Å². The Balaban J connectivity index is 1.49. The van der Waals surface area contributed by atoms with Gasteiger partial charge < -0.3 is 5.32 Å². The summed E-state index contributed by atoms with van der Waals surface area (Å²) in [5, 5.41) is 14.2. The van der Waals surface area contributed by atoms with Crippen LogP contribution in [-0.4, -0.2) is 21.9 Å². The molecule has 0 bridgehead atoms. The number of nitrogens with zero attached hydrogens (tertiary/aromatic N) is 2. The molecule has 0 saturated heterocycles. The van der Waals surface area contributed by atoms with Gasteiger partial charge in [-0.3, -0.25) is 4.79 Å². The number of hydrogen-bond acceptors (Lipinski definition) is 4. The minimum Gasteiger partial charge on any atom is -0.351 e. The van der Waals surface area contributed by atoms with Gasteiger partial charge in [0.05, 0.1) is 5.75 Å². The molecule has 1 amide bonds. The second kappa shape index (κ2) is 9.05. The van der Waals surface area contributed by atoms with E-state index in [1.165, 1.54) is 23.9 Å². The van der Waals surface area contributed by atoms with Crippen LogP contribution < -0.4 is 5.32 Å². The first-order valence-electron chi connectivity index (χ1n) is 9.57. The number of aryl methyl sites for hydroxylation is 1. The van der Waals surface area contributed by atoms with Crippen LogP contribution in [0.2, 0.25) is 0 Å². The van der Waals surface area contributed by atoms with Crippen LogP contribution in [0.1, 0.15) is 11.1 Å². The molecule has 1 N–H and O–H groups in total. The van der Waals surface area contributed by atoms with Gasteiger partial charge in [-0.15, -0.1) is 10.2 Å². The van der Waals surface area contributed by atoms with E-state index in [0.29, 0.717) is 17.3 Å². The zero-order chi connectivity index (χ0) is 20.9. The van der Waals surface area contributed by atoms with Crippen LogP contribution in [0.15, 0.2) is 77.8 Å². The number of amides is 1. The van der Waals surface area contributed by atoms with Crippen LogP contribution >= 0.6 is 11.8 Å². The zero-order valence-electron chi connectivity index (χ0n) is 16.4. The van der Waals surface area contributed by atoms with Crippen LogP contribution in [0.5, 0.6) is 0 Å². The molecule has 1 aromatic heterocycles. The van der Waals surface area contributed by atoms with Crippen molar-refractivity contribution >= 4 is 28.4 Å². The molecule has 4 aromatic rings. The minimum absolute atomic E-state index is 0.0586. The highest BCUT2D eigenvalue weighted by Crippen LogP contribution is 2.31. The average molecular weight is 418 g/mol. The predicted octanol–water partition coefficient (Wildman–Crippen LogP) is 5.15. The maximum atomic E-state index is 13.3. The molecule has 150 valence electrons. The lowest BCUT2D eigenvalue weighted by atomic mass is 10.1. The average Bonchev–Trinajstić information content (AvgIpc) is 2.77. The maximum absolute atomic E-state index is 13.3. The van der Waals surface area contributed by atoms with Gasteiger partial charge in [0, 0.05) is 22.9 Å². The summed E-state index contributed by atoms with van der Waals surface area (Å²) in [5.74, 6) is -0.0999. The van der Waals surface area contributed by atoms with Crippen molar-refractivity contribution in [2.75, 3.05) is 5.75 Å². The first kappa shape index (κ1) is 20.0. The van der Waals surface area contributed by atoms with Gasteiger partial charge in [-0.1, -0.05) is 60.3 Å². The number of halogens is 1. The van der Waals surface area contributed by atoms with Crippen LogP contribution in [0.25, 0.3) is 22.0 Å². The summed E-state index contributed by atoms with van der Waals surface area (Å²) in [6.45, 7) is 2.53.